The fourth-order valence-corrected chi connectivity index (χ4v) is 1.52. The van der Waals surface area contributed by atoms with Crippen molar-refractivity contribution in [2.75, 3.05) is 20.2 Å². The van der Waals surface area contributed by atoms with E-state index >= 15 is 0 Å². The van der Waals surface area contributed by atoms with Crippen molar-refractivity contribution in [2.24, 2.45) is 5.73 Å². The van der Waals surface area contributed by atoms with Crippen LogP contribution in [0, 0.1) is 5.82 Å². The molecule has 0 heterocycles. The van der Waals surface area contributed by atoms with Crippen LogP contribution in [0.4, 0.5) is 4.39 Å². The summed E-state index contributed by atoms with van der Waals surface area (Å²) in [5.41, 5.74) is 6.27. The average Bonchev–Trinajstić information content (AvgIpc) is 2.45. The van der Waals surface area contributed by atoms with Crippen LogP contribution >= 0.6 is 12.4 Å². The summed E-state index contributed by atoms with van der Waals surface area (Å²) >= 11 is 0. The van der Waals surface area contributed by atoms with Crippen LogP contribution in [0.3, 0.4) is 0 Å². The summed E-state index contributed by atoms with van der Waals surface area (Å²) in [6, 6.07) is 4.52. The summed E-state index contributed by atoms with van der Waals surface area (Å²) in [5.74, 6) is -1.09. The first-order valence-corrected chi connectivity index (χ1v) is 6.06. The maximum Gasteiger partial charge on any atom is 0.239 e. The second-order valence-electron chi connectivity index (χ2n) is 4.12. The predicted molar refractivity (Wildman–Crippen MR) is 78.3 cm³/mol. The van der Waals surface area contributed by atoms with Crippen molar-refractivity contribution in [1.82, 2.24) is 10.6 Å². The molecule has 1 aromatic carbocycles. The summed E-state index contributed by atoms with van der Waals surface area (Å²) < 4.78 is 18.3. The number of nitrogens with two attached hydrogens (primary N) is 1. The number of carbonyl (C=O) groups excluding carboxylic acids is 2. The summed E-state index contributed by atoms with van der Waals surface area (Å²) in [6.07, 6.45) is 0. The Morgan fingerprint density at radius 2 is 2.00 bits per heavy atom. The maximum atomic E-state index is 13.4. The zero-order chi connectivity index (χ0) is 15.0. The molecule has 118 valence electrons. The van der Waals surface area contributed by atoms with Crippen LogP contribution in [0.5, 0.6) is 0 Å². The number of carbonyl (C=O) groups is 2. The van der Waals surface area contributed by atoms with Gasteiger partial charge >= 0.3 is 0 Å². The Hall–Kier alpha value is -1.70. The van der Waals surface area contributed by atoms with Crippen LogP contribution in [0.25, 0.3) is 0 Å². The standard InChI is InChI=1S/C13H18FN3O3.ClH/c1-20-8-10-4-9(2-3-11(10)14)6-16-13(19)7-17-12(18)5-15;/h2-4H,5-8,15H2,1H3,(H,16,19)(H,17,18);1H. The molecule has 0 aliphatic heterocycles. The Kier molecular flexibility index (Phi) is 9.27. The maximum absolute atomic E-state index is 13.4. The van der Waals surface area contributed by atoms with E-state index in [1.54, 1.807) is 12.1 Å². The first-order chi connectivity index (χ1) is 9.56. The number of ether oxygens (including phenoxy) is 1. The minimum Gasteiger partial charge on any atom is -0.380 e. The molecular weight excluding hydrogens is 301 g/mol. The van der Waals surface area contributed by atoms with Gasteiger partial charge in [0.15, 0.2) is 0 Å². The summed E-state index contributed by atoms with van der Waals surface area (Å²) in [7, 11) is 1.48. The third kappa shape index (κ3) is 7.03. The number of halogens is 2. The highest BCUT2D eigenvalue weighted by Gasteiger charge is 2.06. The van der Waals surface area contributed by atoms with E-state index in [4.69, 9.17) is 10.5 Å². The SMILES string of the molecule is COCc1cc(CNC(=O)CNC(=O)CN)ccc1F.Cl. The lowest BCUT2D eigenvalue weighted by molar-refractivity contribution is -0.125. The van der Waals surface area contributed by atoms with Crippen molar-refractivity contribution in [2.45, 2.75) is 13.2 Å². The first-order valence-electron chi connectivity index (χ1n) is 6.06. The molecule has 1 aromatic rings. The molecule has 0 aliphatic carbocycles. The topological polar surface area (TPSA) is 93.5 Å². The lowest BCUT2D eigenvalue weighted by Crippen LogP contribution is -2.39. The number of methoxy groups -OCH3 is 1. The van der Waals surface area contributed by atoms with Gasteiger partial charge in [-0.25, -0.2) is 4.39 Å². The molecular formula is C13H19ClFN3O3. The smallest absolute Gasteiger partial charge is 0.239 e. The van der Waals surface area contributed by atoms with E-state index in [1.165, 1.54) is 13.2 Å². The van der Waals surface area contributed by atoms with E-state index in [1.807, 2.05) is 0 Å². The third-order valence-electron chi connectivity index (χ3n) is 2.53. The monoisotopic (exact) mass is 319 g/mol. The van der Waals surface area contributed by atoms with Crippen LogP contribution in [0.1, 0.15) is 11.1 Å². The van der Waals surface area contributed by atoms with Gasteiger partial charge in [-0.2, -0.15) is 0 Å². The van der Waals surface area contributed by atoms with Crippen LogP contribution < -0.4 is 16.4 Å². The summed E-state index contributed by atoms with van der Waals surface area (Å²) in [5, 5.41) is 4.96. The van der Waals surface area contributed by atoms with Gasteiger partial charge in [-0.1, -0.05) is 6.07 Å². The molecule has 0 radical (unpaired) electrons. The zero-order valence-electron chi connectivity index (χ0n) is 11.6. The number of nitrogens with one attached hydrogen (secondary N) is 2. The second kappa shape index (κ2) is 10.1. The molecule has 0 aromatic heterocycles. The van der Waals surface area contributed by atoms with Crippen LogP contribution in [0.15, 0.2) is 18.2 Å². The minimum absolute atomic E-state index is 0. The average molecular weight is 320 g/mol. The first kappa shape index (κ1) is 19.3. The minimum atomic E-state index is -0.399. The van der Waals surface area contributed by atoms with Crippen molar-refractivity contribution in [3.63, 3.8) is 0 Å². The van der Waals surface area contributed by atoms with Gasteiger partial charge in [0.1, 0.15) is 5.82 Å². The van der Waals surface area contributed by atoms with Gasteiger partial charge in [0.2, 0.25) is 11.8 Å². The lowest BCUT2D eigenvalue weighted by Gasteiger charge is -2.08. The Morgan fingerprint density at radius 1 is 1.29 bits per heavy atom. The lowest BCUT2D eigenvalue weighted by atomic mass is 10.1. The largest absolute Gasteiger partial charge is 0.380 e. The number of benzene rings is 1. The van der Waals surface area contributed by atoms with E-state index in [2.05, 4.69) is 10.6 Å². The number of rotatable bonds is 7. The van der Waals surface area contributed by atoms with Crippen molar-refractivity contribution in [3.05, 3.63) is 35.1 Å². The quantitative estimate of drug-likeness (QED) is 0.664. The van der Waals surface area contributed by atoms with Gasteiger partial charge in [0.25, 0.3) is 0 Å². The van der Waals surface area contributed by atoms with Crippen molar-refractivity contribution in [3.8, 4) is 0 Å². The molecule has 6 nitrogen and oxygen atoms in total. The van der Waals surface area contributed by atoms with Gasteiger partial charge < -0.3 is 21.1 Å². The molecule has 1 rings (SSSR count). The normalized spacial score (nSPS) is 9.67. The number of hydrogen-bond donors (Lipinski definition) is 3. The van der Waals surface area contributed by atoms with Crippen molar-refractivity contribution >= 4 is 24.2 Å². The molecule has 4 N–H and O–H groups in total. The molecule has 0 saturated heterocycles. The fourth-order valence-electron chi connectivity index (χ4n) is 1.52. The van der Waals surface area contributed by atoms with Crippen LogP contribution in [-0.2, 0) is 27.5 Å². The van der Waals surface area contributed by atoms with Gasteiger partial charge in [-0.3, -0.25) is 9.59 Å². The molecule has 2 amide bonds. The molecule has 0 aliphatic rings. The van der Waals surface area contributed by atoms with Gasteiger partial charge in [-0.15, -0.1) is 12.4 Å². The summed E-state index contributed by atoms with van der Waals surface area (Å²) in [6.45, 7) is 0.113. The summed E-state index contributed by atoms with van der Waals surface area (Å²) in [4.78, 5) is 22.3. The highest BCUT2D eigenvalue weighted by Crippen LogP contribution is 2.11. The van der Waals surface area contributed by atoms with Crippen molar-refractivity contribution in [1.29, 1.82) is 0 Å². The highest BCUT2D eigenvalue weighted by atomic mass is 35.5. The van der Waals surface area contributed by atoms with Crippen LogP contribution in [0.2, 0.25) is 0 Å². The van der Waals surface area contributed by atoms with Crippen molar-refractivity contribution < 1.29 is 18.7 Å². The molecule has 0 atom stereocenters. The zero-order valence-corrected chi connectivity index (χ0v) is 12.5. The number of amides is 2. The molecule has 0 fully saturated rings. The fraction of sp³-hybridized carbons (Fsp3) is 0.385. The van der Waals surface area contributed by atoms with E-state index in [0.29, 0.717) is 5.56 Å². The second-order valence-corrected chi connectivity index (χ2v) is 4.12. The molecule has 0 bridgehead atoms. The van der Waals surface area contributed by atoms with E-state index in [9.17, 15) is 14.0 Å². The molecule has 0 spiro atoms. The van der Waals surface area contributed by atoms with E-state index < -0.39 is 5.91 Å². The Bertz CT molecular complexity index is 486. The highest BCUT2D eigenvalue weighted by molar-refractivity contribution is 5.85. The van der Waals surface area contributed by atoms with Crippen LogP contribution in [-0.4, -0.2) is 32.0 Å². The van der Waals surface area contributed by atoms with Gasteiger partial charge in [-0.05, 0) is 17.7 Å². The third-order valence-corrected chi connectivity index (χ3v) is 2.53. The van der Waals surface area contributed by atoms with E-state index in [0.717, 1.165) is 5.56 Å². The Balaban J connectivity index is 0.00000400. The molecule has 0 saturated carbocycles. The molecule has 8 heteroatoms. The number of hydrogen-bond acceptors (Lipinski definition) is 4. The van der Waals surface area contributed by atoms with Gasteiger partial charge in [0, 0.05) is 19.2 Å². The Labute approximate surface area is 128 Å². The molecule has 21 heavy (non-hydrogen) atoms. The van der Waals surface area contributed by atoms with Gasteiger partial charge in [0.05, 0.1) is 19.7 Å². The van der Waals surface area contributed by atoms with E-state index in [-0.39, 0.29) is 50.4 Å². The molecule has 0 unspecified atom stereocenters. The Morgan fingerprint density at radius 3 is 2.62 bits per heavy atom. The predicted octanol–water partition coefficient (Wildman–Crippen LogP) is 0.0850.